The zero-order valence-corrected chi connectivity index (χ0v) is 38.2. The maximum Gasteiger partial charge on any atom is 0.319 e. The summed E-state index contributed by atoms with van der Waals surface area (Å²) < 4.78 is 19.6. The second-order valence-corrected chi connectivity index (χ2v) is 29.9. The summed E-state index contributed by atoms with van der Waals surface area (Å²) in [4.78, 5) is 26.0. The third-order valence-corrected chi connectivity index (χ3v) is 23.1. The third-order valence-electron chi connectivity index (χ3n) is 14.1. The molecule has 0 aromatic heterocycles. The van der Waals surface area contributed by atoms with Crippen LogP contribution in [0.25, 0.3) is 0 Å². The molecule has 0 N–H and O–H groups in total. The first-order chi connectivity index (χ1) is 23.8. The van der Waals surface area contributed by atoms with Crippen molar-refractivity contribution in [1.29, 1.82) is 0 Å². The predicted molar refractivity (Wildman–Crippen MR) is 224 cm³/mol. The van der Waals surface area contributed by atoms with Gasteiger partial charge in [0.2, 0.25) is 0 Å². The topological polar surface area (TPSA) is 61.8 Å². The highest BCUT2D eigenvalue weighted by molar-refractivity contribution is 6.74. The van der Waals surface area contributed by atoms with Gasteiger partial charge in [-0.05, 0) is 135 Å². The number of ether oxygens (including phenoxy) is 1. The Balaban J connectivity index is 1.83. The number of unbranched alkanes of at least 4 members (excludes halogenated alkanes) is 2. The molecule has 0 amide bonds. The maximum absolute atomic E-state index is 13.3. The van der Waals surface area contributed by atoms with Gasteiger partial charge < -0.3 is 13.6 Å². The normalized spacial score (nSPS) is 28.8. The van der Waals surface area contributed by atoms with Crippen LogP contribution in [0.2, 0.25) is 36.3 Å². The first-order valence-corrected chi connectivity index (χ1v) is 26.4. The van der Waals surface area contributed by atoms with Crippen LogP contribution in [-0.4, -0.2) is 47.2 Å². The number of fused-ring (bicyclic) bond motifs is 1. The van der Waals surface area contributed by atoms with Crippen molar-refractivity contribution >= 4 is 28.4 Å². The molecule has 0 saturated heterocycles. The van der Waals surface area contributed by atoms with E-state index in [2.05, 4.69) is 113 Å². The highest BCUT2D eigenvalue weighted by atomic mass is 28.4. The van der Waals surface area contributed by atoms with E-state index in [9.17, 15) is 9.59 Å². The number of ketones is 1. The van der Waals surface area contributed by atoms with Gasteiger partial charge in [-0.2, -0.15) is 0 Å². The highest BCUT2D eigenvalue weighted by Crippen LogP contribution is 2.59. The van der Waals surface area contributed by atoms with Gasteiger partial charge in [0.1, 0.15) is 5.41 Å². The van der Waals surface area contributed by atoms with Crippen molar-refractivity contribution in [3.8, 4) is 0 Å². The van der Waals surface area contributed by atoms with E-state index in [0.29, 0.717) is 18.4 Å². The number of allylic oxidation sites excluding steroid dienone is 5. The van der Waals surface area contributed by atoms with Crippen molar-refractivity contribution in [3.05, 3.63) is 47.6 Å². The molecule has 0 aromatic rings. The van der Waals surface area contributed by atoms with Crippen molar-refractivity contribution in [2.45, 2.75) is 189 Å². The lowest BCUT2D eigenvalue weighted by Crippen LogP contribution is -2.49. The average molecular weight is 755 g/mol. The molecule has 0 aliphatic heterocycles. The Labute approximate surface area is 322 Å². The molecule has 0 bridgehead atoms. The molecule has 52 heavy (non-hydrogen) atoms. The molecule has 5 nitrogen and oxygen atoms in total. The largest absolute Gasteiger partial charge is 0.465 e. The summed E-state index contributed by atoms with van der Waals surface area (Å²) in [6.45, 7) is 38.6. The molecule has 0 heterocycles. The first kappa shape index (κ1) is 44.8. The van der Waals surface area contributed by atoms with Gasteiger partial charge in [0.15, 0.2) is 22.4 Å². The molecule has 0 spiro atoms. The zero-order valence-electron chi connectivity index (χ0n) is 36.2. The Kier molecular flexibility index (Phi) is 14.7. The minimum absolute atomic E-state index is 0.0234. The summed E-state index contributed by atoms with van der Waals surface area (Å²) in [6.07, 6.45) is 19.2. The molecule has 3 rings (SSSR count). The summed E-state index contributed by atoms with van der Waals surface area (Å²) >= 11 is 0. The molecule has 7 heteroatoms. The maximum atomic E-state index is 13.3. The van der Waals surface area contributed by atoms with Crippen LogP contribution in [0.15, 0.2) is 47.6 Å². The van der Waals surface area contributed by atoms with E-state index in [4.69, 9.17) is 13.6 Å². The number of carbonyl (C=O) groups is 2. The van der Waals surface area contributed by atoms with Crippen LogP contribution in [0.4, 0.5) is 0 Å². The van der Waals surface area contributed by atoms with Crippen LogP contribution >= 0.6 is 0 Å². The summed E-state index contributed by atoms with van der Waals surface area (Å²) in [6, 6.07) is 0. The van der Waals surface area contributed by atoms with Gasteiger partial charge in [0.05, 0.1) is 18.8 Å². The fraction of sp³-hybridized carbons (Fsp3) is 0.778. The Bertz CT molecular complexity index is 1370. The number of hydrogen-bond donors (Lipinski definition) is 0. The molecule has 3 aliphatic rings. The summed E-state index contributed by atoms with van der Waals surface area (Å²) in [7, 11) is -4.00. The molecule has 3 saturated carbocycles. The Morgan fingerprint density at radius 3 is 2.15 bits per heavy atom. The average Bonchev–Trinajstić information content (AvgIpc) is 3.38. The molecular formula is C45H78O5Si2. The van der Waals surface area contributed by atoms with Crippen molar-refractivity contribution in [3.63, 3.8) is 0 Å². The van der Waals surface area contributed by atoms with E-state index >= 15 is 0 Å². The first-order valence-electron chi connectivity index (χ1n) is 20.6. The fourth-order valence-electron chi connectivity index (χ4n) is 8.29. The second kappa shape index (κ2) is 17.1. The lowest BCUT2D eigenvalue weighted by molar-refractivity contribution is -0.157. The van der Waals surface area contributed by atoms with Crippen molar-refractivity contribution in [2.75, 3.05) is 6.61 Å². The van der Waals surface area contributed by atoms with Gasteiger partial charge in [-0.25, -0.2) is 0 Å². The summed E-state index contributed by atoms with van der Waals surface area (Å²) in [5.41, 5.74) is 2.98. The van der Waals surface area contributed by atoms with Gasteiger partial charge in [0, 0.05) is 6.42 Å². The van der Waals surface area contributed by atoms with Crippen molar-refractivity contribution in [2.24, 2.45) is 28.6 Å². The summed E-state index contributed by atoms with van der Waals surface area (Å²) in [5, 5.41) is 0.262. The molecule has 0 unspecified atom stereocenters. The van der Waals surface area contributed by atoms with Gasteiger partial charge in [-0.3, -0.25) is 9.59 Å². The van der Waals surface area contributed by atoms with E-state index in [1.54, 1.807) is 25.5 Å². The number of hydrogen-bond acceptors (Lipinski definition) is 5. The summed E-state index contributed by atoms with van der Waals surface area (Å²) in [5.74, 6) is 0.657. The van der Waals surface area contributed by atoms with Gasteiger partial charge >= 0.3 is 5.97 Å². The molecule has 0 aromatic carbocycles. The van der Waals surface area contributed by atoms with E-state index in [-0.39, 0.29) is 39.4 Å². The second-order valence-electron chi connectivity index (χ2n) is 20.4. The number of esters is 1. The smallest absolute Gasteiger partial charge is 0.319 e. The van der Waals surface area contributed by atoms with Crippen LogP contribution in [-0.2, 0) is 23.2 Å². The van der Waals surface area contributed by atoms with Crippen molar-refractivity contribution < 1.29 is 23.2 Å². The van der Waals surface area contributed by atoms with Gasteiger partial charge in [-0.1, -0.05) is 106 Å². The SMILES string of the molecule is C=C1/C(=C\C=C2/CCC[C@]3(C)[C@@H]([C@H](C)/C=C/C(=O)C(C)(C)C(=O)OCCCCC)CC[C@@H]23)C[C@@H](O[Si](C)(C)C(C)(C)C)C[C@@H]1O[Si](C)(C)C(C)(C)C. The van der Waals surface area contributed by atoms with Crippen LogP contribution in [0.5, 0.6) is 0 Å². The molecule has 3 fully saturated rings. The van der Waals surface area contributed by atoms with Crippen LogP contribution in [0, 0.1) is 28.6 Å². The van der Waals surface area contributed by atoms with E-state index in [0.717, 1.165) is 50.5 Å². The van der Waals surface area contributed by atoms with E-state index in [1.165, 1.54) is 24.8 Å². The highest BCUT2D eigenvalue weighted by Gasteiger charge is 2.51. The zero-order chi connectivity index (χ0) is 39.5. The molecule has 296 valence electrons. The van der Waals surface area contributed by atoms with Gasteiger partial charge in [0.25, 0.3) is 0 Å². The quantitative estimate of drug-likeness (QED) is 0.0581. The predicted octanol–water partition coefficient (Wildman–Crippen LogP) is 12.7. The standard InChI is InChI=1S/C45H78O5Si2/c1-17-18-19-29-48-41(47)44(10,11)40(46)27-22-32(2)37-25-26-38-34(21-20-28-45(37,38)12)23-24-35-30-36(49-51(13,14)42(4,5)6)31-39(33(35)3)50-52(15,16)43(7,8)9/h22-24,27,32,36-39H,3,17-21,25-26,28-31H2,1-2,4-16H3/b27-22+,34-23+,35-24-/t32-,36-,37-,38+,39+,45-/m1/s1. The van der Waals surface area contributed by atoms with Crippen LogP contribution in [0.3, 0.4) is 0 Å². The monoisotopic (exact) mass is 755 g/mol. The molecular weight excluding hydrogens is 677 g/mol. The van der Waals surface area contributed by atoms with E-state index < -0.39 is 28.0 Å². The molecule has 3 aliphatic carbocycles. The Morgan fingerprint density at radius 1 is 0.942 bits per heavy atom. The van der Waals surface area contributed by atoms with Gasteiger partial charge in [-0.15, -0.1) is 0 Å². The molecule has 0 radical (unpaired) electrons. The number of rotatable bonds is 14. The third kappa shape index (κ3) is 10.4. The Hall–Kier alpha value is -1.55. The fourth-order valence-corrected chi connectivity index (χ4v) is 11.0. The number of carbonyl (C=O) groups excluding carboxylic acids is 2. The van der Waals surface area contributed by atoms with Crippen LogP contribution in [0.1, 0.15) is 140 Å². The van der Waals surface area contributed by atoms with Crippen molar-refractivity contribution in [1.82, 2.24) is 0 Å². The van der Waals surface area contributed by atoms with Crippen LogP contribution < -0.4 is 0 Å². The molecule has 6 atom stereocenters. The minimum atomic E-state index is -2.03. The van der Waals surface area contributed by atoms with E-state index in [1.807, 2.05) is 0 Å². The minimum Gasteiger partial charge on any atom is -0.465 e. The Morgan fingerprint density at radius 2 is 1.56 bits per heavy atom. The lowest BCUT2D eigenvalue weighted by atomic mass is 9.61. The lowest BCUT2D eigenvalue weighted by Gasteiger charge is -2.45.